The number of piperazine rings is 1. The van der Waals surface area contributed by atoms with Crippen molar-refractivity contribution in [3.05, 3.63) is 40.8 Å². The number of nitrogens with one attached hydrogen (secondary N) is 2. The maximum Gasteiger partial charge on any atom is 0.120 e. The maximum absolute atomic E-state index is 4.50. The van der Waals surface area contributed by atoms with Crippen LogP contribution in [-0.4, -0.2) is 40.5 Å². The number of hydrogen-bond acceptors (Lipinski definition) is 3. The first kappa shape index (κ1) is 16.5. The van der Waals surface area contributed by atoms with Crippen molar-refractivity contribution in [3.63, 3.8) is 0 Å². The highest BCUT2D eigenvalue weighted by Crippen LogP contribution is 2.20. The molecule has 0 aliphatic carbocycles. The molecule has 1 fully saturated rings. The Labute approximate surface area is 139 Å². The van der Waals surface area contributed by atoms with Crippen LogP contribution in [0.2, 0.25) is 0 Å². The van der Waals surface area contributed by atoms with Crippen LogP contribution in [0.3, 0.4) is 0 Å². The molecule has 0 radical (unpaired) electrons. The van der Waals surface area contributed by atoms with Gasteiger partial charge in [0.05, 0.1) is 18.4 Å². The van der Waals surface area contributed by atoms with Gasteiger partial charge >= 0.3 is 0 Å². The summed E-state index contributed by atoms with van der Waals surface area (Å²) in [6.07, 6.45) is 1.92. The van der Waals surface area contributed by atoms with E-state index in [9.17, 15) is 0 Å². The Hall–Kier alpha value is -0.880. The average Bonchev–Trinajstić information content (AvgIpc) is 2.88. The van der Waals surface area contributed by atoms with Crippen LogP contribution in [0.15, 0.2) is 34.9 Å². The molecule has 2 N–H and O–H groups in total. The van der Waals surface area contributed by atoms with Gasteiger partial charge in [-0.05, 0) is 24.6 Å². The summed E-state index contributed by atoms with van der Waals surface area (Å²) < 4.78 is 1.09. The van der Waals surface area contributed by atoms with Crippen LogP contribution >= 0.6 is 28.3 Å². The second kappa shape index (κ2) is 7.40. The second-order valence-corrected chi connectivity index (χ2v) is 6.26. The number of benzene rings is 1. The molecular weight excluding hydrogens is 352 g/mol. The van der Waals surface area contributed by atoms with Gasteiger partial charge in [0.2, 0.25) is 0 Å². The molecule has 3 rings (SSSR count). The molecule has 4 nitrogen and oxygen atoms in total. The van der Waals surface area contributed by atoms with Crippen molar-refractivity contribution in [2.75, 3.05) is 19.6 Å². The third-order valence-electron chi connectivity index (χ3n) is 3.61. The Morgan fingerprint density at radius 2 is 2.10 bits per heavy atom. The number of aromatic amines is 1. The lowest BCUT2D eigenvalue weighted by molar-refractivity contribution is 0.196. The molecule has 21 heavy (non-hydrogen) atoms. The molecule has 0 saturated carbocycles. The van der Waals surface area contributed by atoms with Crippen molar-refractivity contribution in [2.45, 2.75) is 19.5 Å². The van der Waals surface area contributed by atoms with Crippen LogP contribution < -0.4 is 5.32 Å². The Kier molecular flexibility index (Phi) is 5.81. The van der Waals surface area contributed by atoms with E-state index in [0.717, 1.165) is 42.2 Å². The fourth-order valence-corrected chi connectivity index (χ4v) is 2.85. The zero-order chi connectivity index (χ0) is 13.9. The lowest BCUT2D eigenvalue weighted by Gasteiger charge is -2.31. The van der Waals surface area contributed by atoms with Gasteiger partial charge in [0.15, 0.2) is 0 Å². The summed E-state index contributed by atoms with van der Waals surface area (Å²) in [7, 11) is 0. The summed E-state index contributed by atoms with van der Waals surface area (Å²) in [6.45, 7) is 6.33. The molecule has 0 bridgehead atoms. The van der Waals surface area contributed by atoms with Gasteiger partial charge in [-0.2, -0.15) is 0 Å². The van der Waals surface area contributed by atoms with Crippen LogP contribution in [0, 0.1) is 0 Å². The molecular formula is C15H20BrClN4. The van der Waals surface area contributed by atoms with Gasteiger partial charge in [0.25, 0.3) is 0 Å². The minimum atomic E-state index is 0. The van der Waals surface area contributed by atoms with Crippen LogP contribution in [0.25, 0.3) is 11.3 Å². The molecule has 1 aromatic heterocycles. The summed E-state index contributed by atoms with van der Waals surface area (Å²) in [5, 5.41) is 3.46. The van der Waals surface area contributed by atoms with Gasteiger partial charge in [-0.1, -0.05) is 28.1 Å². The maximum atomic E-state index is 4.50. The first-order valence-corrected chi connectivity index (χ1v) is 7.75. The fraction of sp³-hybridized carbons (Fsp3) is 0.400. The molecule has 1 aromatic carbocycles. The van der Waals surface area contributed by atoms with E-state index in [1.54, 1.807) is 0 Å². The normalized spacial score (nSPS) is 19.2. The van der Waals surface area contributed by atoms with Gasteiger partial charge in [0, 0.05) is 30.1 Å². The van der Waals surface area contributed by atoms with Crippen LogP contribution in [0.4, 0.5) is 0 Å². The zero-order valence-electron chi connectivity index (χ0n) is 12.0. The quantitative estimate of drug-likeness (QED) is 0.871. The van der Waals surface area contributed by atoms with E-state index in [2.05, 4.69) is 55.2 Å². The number of nitrogens with zero attached hydrogens (tertiary/aromatic N) is 2. The summed E-state index contributed by atoms with van der Waals surface area (Å²) >= 11 is 3.46. The molecule has 1 aliphatic heterocycles. The Bertz CT molecular complexity index is 569. The Morgan fingerprint density at radius 1 is 1.33 bits per heavy atom. The average molecular weight is 372 g/mol. The third-order valence-corrected chi connectivity index (χ3v) is 4.14. The molecule has 2 aromatic rings. The number of hydrogen-bond donors (Lipinski definition) is 2. The lowest BCUT2D eigenvalue weighted by Crippen LogP contribution is -2.48. The monoisotopic (exact) mass is 370 g/mol. The topological polar surface area (TPSA) is 44.0 Å². The van der Waals surface area contributed by atoms with Gasteiger partial charge in [-0.15, -0.1) is 12.4 Å². The first-order chi connectivity index (χ1) is 9.70. The van der Waals surface area contributed by atoms with E-state index in [1.165, 1.54) is 5.56 Å². The molecule has 0 amide bonds. The smallest absolute Gasteiger partial charge is 0.120 e. The van der Waals surface area contributed by atoms with Gasteiger partial charge in [0.1, 0.15) is 5.82 Å². The zero-order valence-corrected chi connectivity index (χ0v) is 14.4. The number of halogens is 2. The van der Waals surface area contributed by atoms with Crippen LogP contribution in [-0.2, 0) is 6.54 Å². The molecule has 0 spiro atoms. The highest BCUT2D eigenvalue weighted by atomic mass is 79.9. The van der Waals surface area contributed by atoms with Crippen molar-refractivity contribution in [3.8, 4) is 11.3 Å². The van der Waals surface area contributed by atoms with Crippen molar-refractivity contribution in [2.24, 2.45) is 0 Å². The highest BCUT2D eigenvalue weighted by molar-refractivity contribution is 9.10. The van der Waals surface area contributed by atoms with Crippen molar-refractivity contribution in [1.29, 1.82) is 0 Å². The summed E-state index contributed by atoms with van der Waals surface area (Å²) in [5.41, 5.74) is 2.25. The number of rotatable bonds is 3. The highest BCUT2D eigenvalue weighted by Gasteiger charge is 2.16. The van der Waals surface area contributed by atoms with Crippen molar-refractivity contribution in [1.82, 2.24) is 20.2 Å². The summed E-state index contributed by atoms with van der Waals surface area (Å²) in [4.78, 5) is 10.4. The van der Waals surface area contributed by atoms with Crippen LogP contribution in [0.5, 0.6) is 0 Å². The standard InChI is InChI=1S/C15H19BrN4.ClH/c1-11-9-20(7-6-17-11)10-15-18-8-14(19-15)12-2-4-13(16)5-3-12;/h2-5,8,11,17H,6-7,9-10H2,1H3,(H,18,19);1H/t11-;/m1./s1. The van der Waals surface area contributed by atoms with Crippen molar-refractivity contribution >= 4 is 28.3 Å². The summed E-state index contributed by atoms with van der Waals surface area (Å²) in [5.74, 6) is 1.04. The minimum Gasteiger partial charge on any atom is -0.341 e. The molecule has 6 heteroatoms. The lowest BCUT2D eigenvalue weighted by atomic mass is 10.2. The van der Waals surface area contributed by atoms with E-state index in [0.29, 0.717) is 6.04 Å². The Balaban J connectivity index is 0.00000161. The molecule has 114 valence electrons. The van der Waals surface area contributed by atoms with E-state index < -0.39 is 0 Å². The van der Waals surface area contributed by atoms with Crippen LogP contribution in [0.1, 0.15) is 12.7 Å². The molecule has 1 atom stereocenters. The van der Waals surface area contributed by atoms with Crippen molar-refractivity contribution < 1.29 is 0 Å². The molecule has 1 saturated heterocycles. The fourth-order valence-electron chi connectivity index (χ4n) is 2.59. The van der Waals surface area contributed by atoms with E-state index in [-0.39, 0.29) is 12.4 Å². The number of imidazole rings is 1. The first-order valence-electron chi connectivity index (χ1n) is 6.96. The van der Waals surface area contributed by atoms with Gasteiger partial charge < -0.3 is 10.3 Å². The third kappa shape index (κ3) is 4.30. The predicted molar refractivity (Wildman–Crippen MR) is 91.7 cm³/mol. The van der Waals surface area contributed by atoms with Gasteiger partial charge in [-0.25, -0.2) is 4.98 Å². The van der Waals surface area contributed by atoms with E-state index in [1.807, 2.05) is 18.3 Å². The SMILES string of the molecule is C[C@@H]1CN(Cc2ncc(-c3ccc(Br)cc3)[nH]2)CCN1.Cl. The van der Waals surface area contributed by atoms with E-state index >= 15 is 0 Å². The van der Waals surface area contributed by atoms with Gasteiger partial charge in [-0.3, -0.25) is 4.90 Å². The number of aromatic nitrogens is 2. The minimum absolute atomic E-state index is 0. The predicted octanol–water partition coefficient (Wildman–Crippen LogP) is 3.05. The molecule has 0 unspecified atom stereocenters. The Morgan fingerprint density at radius 3 is 2.81 bits per heavy atom. The molecule has 2 heterocycles. The largest absolute Gasteiger partial charge is 0.341 e. The second-order valence-electron chi connectivity index (χ2n) is 5.34. The molecule has 1 aliphatic rings. The van der Waals surface area contributed by atoms with E-state index in [4.69, 9.17) is 0 Å². The summed E-state index contributed by atoms with van der Waals surface area (Å²) in [6, 6.07) is 8.84. The number of H-pyrrole nitrogens is 1.